The second-order valence-corrected chi connectivity index (χ2v) is 12.0. The molecule has 1 N–H and O–H groups in total. The van der Waals surface area contributed by atoms with Crippen molar-refractivity contribution < 1.29 is 22.7 Å². The average Bonchev–Trinajstić information content (AvgIpc) is 2.82. The third-order valence-electron chi connectivity index (χ3n) is 5.88. The zero-order valence-electron chi connectivity index (χ0n) is 21.7. The van der Waals surface area contributed by atoms with Crippen molar-refractivity contribution in [1.29, 1.82) is 0 Å². The van der Waals surface area contributed by atoms with Gasteiger partial charge in [-0.1, -0.05) is 68.8 Å². The summed E-state index contributed by atoms with van der Waals surface area (Å²) in [4.78, 5) is 26.2. The highest BCUT2D eigenvalue weighted by molar-refractivity contribution is 7.92. The SMILES string of the molecule is COc1ccc(N(C(C)C(=O)Nc2cccc(C(=O)c3ccc(C(C)(C)C)cc3)c2)S(C)(=O)=O)cc1Cl. The number of ether oxygens (including phenoxy) is 1. The molecular weight excluding hydrogens is 512 g/mol. The summed E-state index contributed by atoms with van der Waals surface area (Å²) in [6.45, 7) is 7.78. The van der Waals surface area contributed by atoms with Crippen molar-refractivity contribution in [3.05, 3.63) is 88.4 Å². The fourth-order valence-corrected chi connectivity index (χ4v) is 5.29. The first-order valence-electron chi connectivity index (χ1n) is 11.6. The normalized spacial score (nSPS) is 12.5. The number of halogens is 1. The Balaban J connectivity index is 1.83. The molecule has 0 aliphatic carbocycles. The molecule has 3 rings (SSSR count). The summed E-state index contributed by atoms with van der Waals surface area (Å²) in [6.07, 6.45) is 1.01. The lowest BCUT2D eigenvalue weighted by molar-refractivity contribution is -0.116. The molecule has 0 aromatic heterocycles. The van der Waals surface area contributed by atoms with E-state index in [2.05, 4.69) is 26.1 Å². The number of nitrogens with zero attached hydrogens (tertiary/aromatic N) is 1. The third-order valence-corrected chi connectivity index (χ3v) is 7.42. The standard InChI is InChI=1S/C28H31ClN2O5S/c1-18(31(37(6,34)35)23-14-15-25(36-5)24(29)17-23)27(33)30-22-9-7-8-20(16-22)26(32)19-10-12-21(13-11-19)28(2,3)4/h7-18H,1-6H3,(H,30,33). The van der Waals surface area contributed by atoms with Crippen LogP contribution in [0.1, 0.15) is 49.2 Å². The van der Waals surface area contributed by atoms with Crippen molar-refractivity contribution in [1.82, 2.24) is 0 Å². The molecule has 0 radical (unpaired) electrons. The van der Waals surface area contributed by atoms with Crippen LogP contribution in [0.4, 0.5) is 11.4 Å². The first-order chi connectivity index (χ1) is 17.2. The zero-order valence-corrected chi connectivity index (χ0v) is 23.3. The quantitative estimate of drug-likeness (QED) is 0.370. The van der Waals surface area contributed by atoms with Gasteiger partial charge in [-0.25, -0.2) is 8.42 Å². The number of hydrogen-bond acceptors (Lipinski definition) is 5. The van der Waals surface area contributed by atoms with Gasteiger partial charge in [0.2, 0.25) is 15.9 Å². The van der Waals surface area contributed by atoms with Crippen LogP contribution in [0.15, 0.2) is 66.7 Å². The van der Waals surface area contributed by atoms with Gasteiger partial charge in [0.15, 0.2) is 5.78 Å². The fourth-order valence-electron chi connectivity index (χ4n) is 3.87. The van der Waals surface area contributed by atoms with Crippen LogP contribution in [0.25, 0.3) is 0 Å². The Kier molecular flexibility index (Phi) is 8.35. The predicted octanol–water partition coefficient (Wildman–Crippen LogP) is 5.67. The van der Waals surface area contributed by atoms with Crippen molar-refractivity contribution in [2.75, 3.05) is 23.0 Å². The van der Waals surface area contributed by atoms with E-state index < -0.39 is 22.0 Å². The van der Waals surface area contributed by atoms with Crippen LogP contribution < -0.4 is 14.4 Å². The van der Waals surface area contributed by atoms with Gasteiger partial charge in [-0.15, -0.1) is 0 Å². The maximum Gasteiger partial charge on any atom is 0.247 e. The summed E-state index contributed by atoms with van der Waals surface area (Å²) in [6, 6.07) is 17.4. The second kappa shape index (κ2) is 10.9. The Bertz CT molecular complexity index is 1410. The Morgan fingerprint density at radius 1 is 0.973 bits per heavy atom. The van der Waals surface area contributed by atoms with Crippen molar-refractivity contribution in [2.45, 2.75) is 39.2 Å². The van der Waals surface area contributed by atoms with Gasteiger partial charge in [-0.3, -0.25) is 13.9 Å². The van der Waals surface area contributed by atoms with Gasteiger partial charge >= 0.3 is 0 Å². The smallest absolute Gasteiger partial charge is 0.247 e. The monoisotopic (exact) mass is 542 g/mol. The number of rotatable bonds is 8. The molecule has 0 bridgehead atoms. The maximum absolute atomic E-state index is 13.1. The first-order valence-corrected chi connectivity index (χ1v) is 13.8. The lowest BCUT2D eigenvalue weighted by Crippen LogP contribution is -2.45. The molecule has 0 aliphatic heterocycles. The molecule has 1 amide bonds. The molecule has 3 aromatic carbocycles. The lowest BCUT2D eigenvalue weighted by atomic mass is 9.86. The molecule has 0 saturated carbocycles. The number of carbonyl (C=O) groups is 2. The van der Waals surface area contributed by atoms with Gasteiger partial charge in [-0.05, 0) is 48.2 Å². The highest BCUT2D eigenvalue weighted by Gasteiger charge is 2.30. The van der Waals surface area contributed by atoms with E-state index in [1.807, 2.05) is 12.1 Å². The van der Waals surface area contributed by atoms with Gasteiger partial charge in [0, 0.05) is 16.8 Å². The van der Waals surface area contributed by atoms with Gasteiger partial charge in [0.1, 0.15) is 11.8 Å². The van der Waals surface area contributed by atoms with E-state index in [1.54, 1.807) is 36.4 Å². The number of anilines is 2. The lowest BCUT2D eigenvalue weighted by Gasteiger charge is -2.28. The molecule has 3 aromatic rings. The molecule has 1 unspecified atom stereocenters. The zero-order chi connectivity index (χ0) is 27.5. The Morgan fingerprint density at radius 3 is 2.16 bits per heavy atom. The van der Waals surface area contributed by atoms with E-state index in [0.717, 1.165) is 16.1 Å². The number of hydrogen-bond donors (Lipinski definition) is 1. The van der Waals surface area contributed by atoms with Crippen molar-refractivity contribution >= 4 is 44.7 Å². The molecule has 7 nitrogen and oxygen atoms in total. The highest BCUT2D eigenvalue weighted by atomic mass is 35.5. The van der Waals surface area contributed by atoms with Crippen LogP contribution in [0.2, 0.25) is 5.02 Å². The Labute approximate surface area is 223 Å². The van der Waals surface area contributed by atoms with E-state index in [1.165, 1.54) is 32.2 Å². The highest BCUT2D eigenvalue weighted by Crippen LogP contribution is 2.31. The molecule has 9 heteroatoms. The molecule has 1 atom stereocenters. The Hall–Kier alpha value is -3.36. The summed E-state index contributed by atoms with van der Waals surface area (Å²) < 4.78 is 31.3. The molecule has 0 aliphatic rings. The molecule has 0 heterocycles. The van der Waals surface area contributed by atoms with Crippen LogP contribution in [-0.2, 0) is 20.2 Å². The van der Waals surface area contributed by atoms with Gasteiger partial charge in [0.25, 0.3) is 0 Å². The number of benzene rings is 3. The van der Waals surface area contributed by atoms with Crippen LogP contribution in [-0.4, -0.2) is 39.5 Å². The number of ketones is 1. The summed E-state index contributed by atoms with van der Waals surface area (Å²) in [5.74, 6) is -0.378. The number of sulfonamides is 1. The number of carbonyl (C=O) groups excluding carboxylic acids is 2. The third kappa shape index (κ3) is 6.70. The van der Waals surface area contributed by atoms with E-state index in [4.69, 9.17) is 16.3 Å². The fraction of sp³-hybridized carbons (Fsp3) is 0.286. The topological polar surface area (TPSA) is 92.8 Å². The minimum Gasteiger partial charge on any atom is -0.495 e. The molecule has 37 heavy (non-hydrogen) atoms. The van der Waals surface area contributed by atoms with E-state index in [-0.39, 0.29) is 21.9 Å². The van der Waals surface area contributed by atoms with E-state index in [9.17, 15) is 18.0 Å². The molecule has 0 saturated heterocycles. The first kappa shape index (κ1) is 28.2. The average molecular weight is 543 g/mol. The minimum atomic E-state index is -3.84. The summed E-state index contributed by atoms with van der Waals surface area (Å²) in [5.41, 5.74) is 2.61. The number of methoxy groups -OCH3 is 1. The summed E-state index contributed by atoms with van der Waals surface area (Å²) in [7, 11) is -2.39. The van der Waals surface area contributed by atoms with Crippen LogP contribution >= 0.6 is 11.6 Å². The van der Waals surface area contributed by atoms with Crippen LogP contribution in [0, 0.1) is 0 Å². The molecule has 0 spiro atoms. The van der Waals surface area contributed by atoms with Crippen molar-refractivity contribution in [2.24, 2.45) is 0 Å². The predicted molar refractivity (Wildman–Crippen MR) is 148 cm³/mol. The maximum atomic E-state index is 13.1. The molecule has 0 fully saturated rings. The molecular formula is C28H31ClN2O5S. The summed E-state index contributed by atoms with van der Waals surface area (Å²) in [5, 5.41) is 2.93. The number of nitrogens with one attached hydrogen (secondary N) is 1. The minimum absolute atomic E-state index is 0.0283. The molecule has 196 valence electrons. The summed E-state index contributed by atoms with van der Waals surface area (Å²) >= 11 is 6.19. The van der Waals surface area contributed by atoms with E-state index >= 15 is 0 Å². The van der Waals surface area contributed by atoms with Crippen LogP contribution in [0.3, 0.4) is 0 Å². The Morgan fingerprint density at radius 2 is 1.62 bits per heavy atom. The van der Waals surface area contributed by atoms with Crippen LogP contribution in [0.5, 0.6) is 5.75 Å². The largest absolute Gasteiger partial charge is 0.495 e. The van der Waals surface area contributed by atoms with Crippen molar-refractivity contribution in [3.8, 4) is 5.75 Å². The second-order valence-electron chi connectivity index (χ2n) is 9.78. The van der Waals surface area contributed by atoms with Gasteiger partial charge < -0.3 is 10.1 Å². The van der Waals surface area contributed by atoms with Gasteiger partial charge in [-0.2, -0.15) is 0 Å². The number of amides is 1. The van der Waals surface area contributed by atoms with E-state index in [0.29, 0.717) is 22.6 Å². The van der Waals surface area contributed by atoms with Gasteiger partial charge in [0.05, 0.1) is 24.1 Å². The van der Waals surface area contributed by atoms with Crippen molar-refractivity contribution in [3.63, 3.8) is 0 Å².